The standard InChI is InChI=1S/C10H13FOS2/c1-13-9(10(12)14-2)7-3-5-8(11)6-4-7/h3-6,9-10,12H,1-2H3. The smallest absolute Gasteiger partial charge is 0.123 e. The lowest BCUT2D eigenvalue weighted by molar-refractivity contribution is 0.261. The Morgan fingerprint density at radius 3 is 2.14 bits per heavy atom. The Kier molecular flexibility index (Phi) is 4.78. The topological polar surface area (TPSA) is 20.2 Å². The van der Waals surface area contributed by atoms with Crippen LogP contribution >= 0.6 is 23.5 Å². The maximum Gasteiger partial charge on any atom is 0.123 e. The van der Waals surface area contributed by atoms with Crippen molar-refractivity contribution in [3.8, 4) is 0 Å². The molecule has 1 nitrogen and oxygen atoms in total. The van der Waals surface area contributed by atoms with Gasteiger partial charge in [0.1, 0.15) is 11.3 Å². The van der Waals surface area contributed by atoms with Gasteiger partial charge in [-0.05, 0) is 30.2 Å². The summed E-state index contributed by atoms with van der Waals surface area (Å²) in [7, 11) is 0. The van der Waals surface area contributed by atoms with E-state index in [0.29, 0.717) is 0 Å². The molecule has 0 aromatic heterocycles. The fraction of sp³-hybridized carbons (Fsp3) is 0.400. The van der Waals surface area contributed by atoms with Gasteiger partial charge in [-0.15, -0.1) is 11.8 Å². The zero-order valence-electron chi connectivity index (χ0n) is 8.11. The second-order valence-electron chi connectivity index (χ2n) is 2.83. The molecule has 0 radical (unpaired) electrons. The average molecular weight is 232 g/mol. The summed E-state index contributed by atoms with van der Waals surface area (Å²) in [6.07, 6.45) is 3.80. The molecule has 1 aromatic rings. The van der Waals surface area contributed by atoms with Gasteiger partial charge in [0.25, 0.3) is 0 Å². The van der Waals surface area contributed by atoms with E-state index in [9.17, 15) is 9.50 Å². The first-order valence-electron chi connectivity index (χ1n) is 4.18. The highest BCUT2D eigenvalue weighted by Crippen LogP contribution is 2.34. The van der Waals surface area contributed by atoms with E-state index in [4.69, 9.17) is 0 Å². The lowest BCUT2D eigenvalue weighted by Crippen LogP contribution is -2.10. The van der Waals surface area contributed by atoms with Crippen molar-refractivity contribution in [1.82, 2.24) is 0 Å². The summed E-state index contributed by atoms with van der Waals surface area (Å²) >= 11 is 2.97. The highest BCUT2D eigenvalue weighted by Gasteiger charge is 2.18. The monoisotopic (exact) mass is 232 g/mol. The maximum absolute atomic E-state index is 12.7. The van der Waals surface area contributed by atoms with Gasteiger partial charge in [-0.2, -0.15) is 11.8 Å². The minimum atomic E-state index is -0.449. The first-order chi connectivity index (χ1) is 6.69. The Hall–Kier alpha value is -0.190. The van der Waals surface area contributed by atoms with Crippen molar-refractivity contribution in [3.05, 3.63) is 35.6 Å². The van der Waals surface area contributed by atoms with Gasteiger partial charge in [-0.25, -0.2) is 4.39 Å². The van der Waals surface area contributed by atoms with Gasteiger partial charge in [-0.1, -0.05) is 12.1 Å². The quantitative estimate of drug-likeness (QED) is 0.806. The minimum Gasteiger partial charge on any atom is -0.381 e. The summed E-state index contributed by atoms with van der Waals surface area (Å²) in [4.78, 5) is 0. The van der Waals surface area contributed by atoms with Crippen molar-refractivity contribution in [2.75, 3.05) is 12.5 Å². The molecule has 0 spiro atoms. The molecule has 0 aliphatic carbocycles. The Balaban J connectivity index is 2.84. The Morgan fingerprint density at radius 2 is 1.71 bits per heavy atom. The number of aliphatic hydroxyl groups excluding tert-OH is 1. The minimum absolute atomic E-state index is 0.00519. The predicted molar refractivity (Wildman–Crippen MR) is 62.2 cm³/mol. The highest BCUT2D eigenvalue weighted by atomic mass is 32.2. The van der Waals surface area contributed by atoms with Crippen LogP contribution in [0.1, 0.15) is 10.8 Å². The van der Waals surface area contributed by atoms with E-state index < -0.39 is 5.44 Å². The summed E-state index contributed by atoms with van der Waals surface area (Å²) in [5.74, 6) is -0.243. The molecule has 2 unspecified atom stereocenters. The SMILES string of the molecule is CSC(O)C(SC)c1ccc(F)cc1. The number of aliphatic hydroxyl groups is 1. The fourth-order valence-electron chi connectivity index (χ4n) is 1.19. The van der Waals surface area contributed by atoms with E-state index in [1.807, 2.05) is 12.5 Å². The fourth-order valence-corrected chi connectivity index (χ4v) is 2.93. The maximum atomic E-state index is 12.7. The van der Waals surface area contributed by atoms with Gasteiger partial charge in [0.15, 0.2) is 0 Å². The van der Waals surface area contributed by atoms with Gasteiger partial charge in [-0.3, -0.25) is 0 Å². The zero-order valence-corrected chi connectivity index (χ0v) is 9.74. The molecule has 0 saturated heterocycles. The molecule has 1 N–H and O–H groups in total. The van der Waals surface area contributed by atoms with E-state index in [2.05, 4.69) is 0 Å². The first kappa shape index (κ1) is 11.9. The number of rotatable bonds is 4. The number of hydrogen-bond acceptors (Lipinski definition) is 3. The van der Waals surface area contributed by atoms with E-state index in [0.717, 1.165) is 5.56 Å². The van der Waals surface area contributed by atoms with Gasteiger partial charge >= 0.3 is 0 Å². The summed E-state index contributed by atoms with van der Waals surface area (Å²) in [5.41, 5.74) is 0.510. The molecule has 4 heteroatoms. The number of thioether (sulfide) groups is 2. The molecule has 0 aliphatic heterocycles. The van der Waals surface area contributed by atoms with E-state index in [-0.39, 0.29) is 11.1 Å². The van der Waals surface area contributed by atoms with E-state index in [1.54, 1.807) is 23.9 Å². The van der Waals surface area contributed by atoms with Crippen LogP contribution in [0.3, 0.4) is 0 Å². The molecule has 1 aromatic carbocycles. The molecule has 78 valence electrons. The Labute approximate surface area is 92.1 Å². The van der Waals surface area contributed by atoms with Crippen molar-refractivity contribution in [3.63, 3.8) is 0 Å². The molecular weight excluding hydrogens is 219 g/mol. The Bertz CT molecular complexity index is 276. The van der Waals surface area contributed by atoms with Crippen LogP contribution in [0.15, 0.2) is 24.3 Å². The summed E-state index contributed by atoms with van der Waals surface area (Å²) in [5, 5.41) is 9.69. The van der Waals surface area contributed by atoms with E-state index >= 15 is 0 Å². The number of benzene rings is 1. The van der Waals surface area contributed by atoms with Crippen LogP contribution in [0.4, 0.5) is 4.39 Å². The third-order valence-corrected chi connectivity index (χ3v) is 3.92. The van der Waals surface area contributed by atoms with Crippen LogP contribution in [-0.2, 0) is 0 Å². The van der Waals surface area contributed by atoms with Crippen LogP contribution in [0, 0.1) is 5.82 Å². The second-order valence-corrected chi connectivity index (χ2v) is 4.77. The molecule has 0 fully saturated rings. The molecule has 14 heavy (non-hydrogen) atoms. The normalized spacial score (nSPS) is 15.1. The van der Waals surface area contributed by atoms with Gasteiger partial charge < -0.3 is 5.11 Å². The summed E-state index contributed by atoms with van der Waals surface area (Å²) in [6.45, 7) is 0. The molecule has 0 saturated carbocycles. The summed E-state index contributed by atoms with van der Waals surface area (Å²) in [6, 6.07) is 6.28. The number of hydrogen-bond donors (Lipinski definition) is 1. The predicted octanol–water partition coefficient (Wildman–Crippen LogP) is 2.91. The molecule has 0 aliphatic rings. The van der Waals surface area contributed by atoms with Crippen molar-refractivity contribution < 1.29 is 9.50 Å². The zero-order chi connectivity index (χ0) is 10.6. The Morgan fingerprint density at radius 1 is 1.14 bits per heavy atom. The molecular formula is C10H13FOS2. The third-order valence-electron chi connectivity index (χ3n) is 1.95. The van der Waals surface area contributed by atoms with Crippen molar-refractivity contribution in [1.29, 1.82) is 0 Å². The molecule has 0 heterocycles. The molecule has 2 atom stereocenters. The highest BCUT2D eigenvalue weighted by molar-refractivity contribution is 8.02. The van der Waals surface area contributed by atoms with Gasteiger partial charge in [0.2, 0.25) is 0 Å². The molecule has 0 amide bonds. The third kappa shape index (κ3) is 2.90. The van der Waals surface area contributed by atoms with Crippen LogP contribution < -0.4 is 0 Å². The van der Waals surface area contributed by atoms with E-state index in [1.165, 1.54) is 23.9 Å². The number of halogens is 1. The first-order valence-corrected chi connectivity index (χ1v) is 6.75. The lowest BCUT2D eigenvalue weighted by Gasteiger charge is -2.19. The van der Waals surface area contributed by atoms with Gasteiger partial charge in [0.05, 0.1) is 5.25 Å². The molecule has 1 rings (SSSR count). The second kappa shape index (κ2) is 5.63. The lowest BCUT2D eigenvalue weighted by atomic mass is 10.1. The van der Waals surface area contributed by atoms with Crippen molar-refractivity contribution >= 4 is 23.5 Å². The average Bonchev–Trinajstić information content (AvgIpc) is 2.21. The molecule has 0 bridgehead atoms. The van der Waals surface area contributed by atoms with Crippen LogP contribution in [0.2, 0.25) is 0 Å². The van der Waals surface area contributed by atoms with Crippen LogP contribution in [0.5, 0.6) is 0 Å². The van der Waals surface area contributed by atoms with Crippen LogP contribution in [0.25, 0.3) is 0 Å². The largest absolute Gasteiger partial charge is 0.381 e. The summed E-state index contributed by atoms with van der Waals surface area (Å²) < 4.78 is 12.7. The van der Waals surface area contributed by atoms with Crippen molar-refractivity contribution in [2.24, 2.45) is 0 Å². The van der Waals surface area contributed by atoms with Crippen LogP contribution in [-0.4, -0.2) is 23.1 Å². The van der Waals surface area contributed by atoms with Gasteiger partial charge in [0, 0.05) is 0 Å². The van der Waals surface area contributed by atoms with Crippen molar-refractivity contribution in [2.45, 2.75) is 10.7 Å².